The molecule has 86 valence electrons. The maximum absolute atomic E-state index is 6.31. The fraction of sp³-hybridized carbons (Fsp3) is 0.727. The summed E-state index contributed by atoms with van der Waals surface area (Å²) in [4.78, 5) is 0. The number of nitrogens with zero attached hydrogens (tertiary/aromatic N) is 2. The fourth-order valence-corrected chi connectivity index (χ4v) is 2.07. The van der Waals surface area contributed by atoms with Crippen molar-refractivity contribution in [1.29, 1.82) is 0 Å². The molecule has 0 aliphatic heterocycles. The van der Waals surface area contributed by atoms with Crippen LogP contribution in [0.25, 0.3) is 0 Å². The predicted molar refractivity (Wildman–Crippen MR) is 66.6 cm³/mol. The van der Waals surface area contributed by atoms with E-state index in [4.69, 9.17) is 5.73 Å². The lowest BCUT2D eigenvalue weighted by Gasteiger charge is -2.31. The van der Waals surface area contributed by atoms with E-state index in [9.17, 15) is 0 Å². The molecular weight excluding hydrogens is 254 g/mol. The summed E-state index contributed by atoms with van der Waals surface area (Å²) in [5.41, 5.74) is 7.51. The first-order valence-electron chi connectivity index (χ1n) is 5.40. The average molecular weight is 274 g/mol. The molecule has 1 aromatic rings. The van der Waals surface area contributed by atoms with Gasteiger partial charge in [0.2, 0.25) is 0 Å². The summed E-state index contributed by atoms with van der Waals surface area (Å²) in [6.45, 7) is 9.48. The van der Waals surface area contributed by atoms with E-state index in [1.54, 1.807) is 0 Å². The minimum Gasteiger partial charge on any atom is -0.322 e. The quantitative estimate of drug-likeness (QED) is 0.916. The van der Waals surface area contributed by atoms with E-state index in [1.807, 2.05) is 10.9 Å². The molecule has 0 spiro atoms. The molecule has 1 atom stereocenters. The fourth-order valence-electron chi connectivity index (χ4n) is 1.52. The molecule has 4 heteroatoms. The lowest BCUT2D eigenvalue weighted by atomic mass is 9.81. The Bertz CT molecular complexity index is 331. The van der Waals surface area contributed by atoms with E-state index in [0.717, 1.165) is 23.1 Å². The molecule has 0 saturated carbocycles. The van der Waals surface area contributed by atoms with Gasteiger partial charge < -0.3 is 5.73 Å². The van der Waals surface area contributed by atoms with Crippen molar-refractivity contribution >= 4 is 15.9 Å². The van der Waals surface area contributed by atoms with Crippen LogP contribution in [0.15, 0.2) is 10.7 Å². The second-order valence-corrected chi connectivity index (χ2v) is 5.37. The zero-order chi connectivity index (χ0) is 11.6. The molecule has 3 nitrogen and oxygen atoms in total. The number of aryl methyl sites for hydroxylation is 1. The molecule has 1 unspecified atom stereocenters. The lowest BCUT2D eigenvalue weighted by Crippen LogP contribution is -2.31. The summed E-state index contributed by atoms with van der Waals surface area (Å²) in [7, 11) is 0. The number of halogens is 1. The van der Waals surface area contributed by atoms with Crippen LogP contribution in [0.4, 0.5) is 0 Å². The Morgan fingerprint density at radius 1 is 1.53 bits per heavy atom. The highest BCUT2D eigenvalue weighted by Gasteiger charge is 2.29. The average Bonchev–Trinajstić information content (AvgIpc) is 2.58. The van der Waals surface area contributed by atoms with Crippen LogP contribution in [0.2, 0.25) is 0 Å². The molecule has 0 amide bonds. The molecule has 0 radical (unpaired) electrons. The molecule has 0 aliphatic carbocycles. The van der Waals surface area contributed by atoms with Gasteiger partial charge in [-0.2, -0.15) is 5.10 Å². The molecule has 0 saturated heterocycles. The van der Waals surface area contributed by atoms with Crippen molar-refractivity contribution in [3.8, 4) is 0 Å². The largest absolute Gasteiger partial charge is 0.322 e. The van der Waals surface area contributed by atoms with Crippen LogP contribution in [0.5, 0.6) is 0 Å². The summed E-state index contributed by atoms with van der Waals surface area (Å²) in [6, 6.07) is 0.0133. The van der Waals surface area contributed by atoms with Gasteiger partial charge in [0.1, 0.15) is 0 Å². The van der Waals surface area contributed by atoms with Crippen LogP contribution in [0.1, 0.15) is 45.9 Å². The molecule has 1 heterocycles. The first kappa shape index (κ1) is 12.7. The molecule has 0 aliphatic rings. The Morgan fingerprint density at radius 3 is 2.60 bits per heavy atom. The van der Waals surface area contributed by atoms with Gasteiger partial charge in [-0.05, 0) is 34.7 Å². The van der Waals surface area contributed by atoms with E-state index < -0.39 is 0 Å². The molecule has 1 aromatic heterocycles. The first-order valence-corrected chi connectivity index (χ1v) is 6.20. The van der Waals surface area contributed by atoms with Gasteiger partial charge in [0.15, 0.2) is 0 Å². The molecule has 0 bridgehead atoms. The topological polar surface area (TPSA) is 43.8 Å². The van der Waals surface area contributed by atoms with Gasteiger partial charge in [0.25, 0.3) is 0 Å². The lowest BCUT2D eigenvalue weighted by molar-refractivity contribution is 0.265. The van der Waals surface area contributed by atoms with E-state index in [0.29, 0.717) is 0 Å². The summed E-state index contributed by atoms with van der Waals surface area (Å²) >= 11 is 3.52. The Balaban J connectivity index is 3.09. The smallest absolute Gasteiger partial charge is 0.0698 e. The van der Waals surface area contributed by atoms with E-state index >= 15 is 0 Å². The molecule has 1 rings (SSSR count). The minimum atomic E-state index is 0.0133. The van der Waals surface area contributed by atoms with Gasteiger partial charge in [-0.3, -0.25) is 4.68 Å². The molecular formula is C11H20BrN3. The van der Waals surface area contributed by atoms with Crippen molar-refractivity contribution in [2.45, 2.75) is 46.7 Å². The number of hydrogen-bond donors (Lipinski definition) is 1. The van der Waals surface area contributed by atoms with Crippen molar-refractivity contribution in [3.05, 3.63) is 16.4 Å². The van der Waals surface area contributed by atoms with Crippen molar-refractivity contribution in [2.24, 2.45) is 11.1 Å². The minimum absolute atomic E-state index is 0.0133. The van der Waals surface area contributed by atoms with Crippen molar-refractivity contribution in [3.63, 3.8) is 0 Å². The standard InChI is InChI=1S/C11H20BrN3/c1-5-11(3,4)10(13)9-8(12)7-14-15(9)6-2/h7,10H,5-6,13H2,1-4H3. The highest BCUT2D eigenvalue weighted by atomic mass is 79.9. The van der Waals surface area contributed by atoms with Gasteiger partial charge in [-0.1, -0.05) is 20.8 Å². The van der Waals surface area contributed by atoms with E-state index in [-0.39, 0.29) is 11.5 Å². The van der Waals surface area contributed by atoms with Crippen LogP contribution in [-0.4, -0.2) is 9.78 Å². The summed E-state index contributed by atoms with van der Waals surface area (Å²) in [5.74, 6) is 0. The highest BCUT2D eigenvalue weighted by Crippen LogP contribution is 2.37. The van der Waals surface area contributed by atoms with Gasteiger partial charge in [-0.15, -0.1) is 0 Å². The SMILES string of the molecule is CCn1ncc(Br)c1C(N)C(C)(C)CC. The molecule has 2 N–H and O–H groups in total. The number of rotatable bonds is 4. The summed E-state index contributed by atoms with van der Waals surface area (Å²) < 4.78 is 2.98. The van der Waals surface area contributed by atoms with Gasteiger partial charge in [0.05, 0.1) is 22.4 Å². The molecule has 0 fully saturated rings. The Morgan fingerprint density at radius 2 is 2.13 bits per heavy atom. The van der Waals surface area contributed by atoms with Gasteiger partial charge in [0, 0.05) is 6.54 Å². The highest BCUT2D eigenvalue weighted by molar-refractivity contribution is 9.10. The zero-order valence-corrected chi connectivity index (χ0v) is 11.5. The van der Waals surface area contributed by atoms with Crippen LogP contribution in [0, 0.1) is 5.41 Å². The maximum atomic E-state index is 6.31. The molecule has 15 heavy (non-hydrogen) atoms. The Kier molecular flexibility index (Phi) is 3.95. The number of aromatic nitrogens is 2. The maximum Gasteiger partial charge on any atom is 0.0698 e. The Hall–Kier alpha value is -0.350. The van der Waals surface area contributed by atoms with Crippen molar-refractivity contribution in [1.82, 2.24) is 9.78 Å². The van der Waals surface area contributed by atoms with E-state index in [1.165, 1.54) is 0 Å². The Labute approximate surface area is 100 Å². The van der Waals surface area contributed by atoms with Crippen LogP contribution in [-0.2, 0) is 6.54 Å². The number of hydrogen-bond acceptors (Lipinski definition) is 2. The second kappa shape index (κ2) is 4.66. The normalized spacial score (nSPS) is 14.3. The summed E-state index contributed by atoms with van der Waals surface area (Å²) in [6.07, 6.45) is 2.87. The van der Waals surface area contributed by atoms with Gasteiger partial charge >= 0.3 is 0 Å². The second-order valence-electron chi connectivity index (χ2n) is 4.51. The third kappa shape index (κ3) is 2.42. The third-order valence-electron chi connectivity index (χ3n) is 3.18. The zero-order valence-electron chi connectivity index (χ0n) is 9.92. The van der Waals surface area contributed by atoms with Crippen molar-refractivity contribution in [2.75, 3.05) is 0 Å². The van der Waals surface area contributed by atoms with Crippen LogP contribution in [0.3, 0.4) is 0 Å². The van der Waals surface area contributed by atoms with E-state index in [2.05, 4.69) is 48.7 Å². The van der Waals surface area contributed by atoms with Crippen LogP contribution >= 0.6 is 15.9 Å². The van der Waals surface area contributed by atoms with Crippen molar-refractivity contribution < 1.29 is 0 Å². The van der Waals surface area contributed by atoms with Gasteiger partial charge in [-0.25, -0.2) is 0 Å². The monoisotopic (exact) mass is 273 g/mol. The molecule has 0 aromatic carbocycles. The summed E-state index contributed by atoms with van der Waals surface area (Å²) in [5, 5.41) is 4.29. The predicted octanol–water partition coefficient (Wildman–Crippen LogP) is 3.10. The third-order valence-corrected chi connectivity index (χ3v) is 3.79. The van der Waals surface area contributed by atoms with Crippen LogP contribution < -0.4 is 5.73 Å². The number of nitrogens with two attached hydrogens (primary N) is 1. The first-order chi connectivity index (χ1) is 6.94.